The highest BCUT2D eigenvalue weighted by Crippen LogP contribution is 2.21. The Kier molecular flexibility index (Phi) is 9.14. The molecule has 186 valence electrons. The number of anilines is 1. The van der Waals surface area contributed by atoms with Gasteiger partial charge in [0.2, 0.25) is 21.8 Å². The zero-order valence-corrected chi connectivity index (χ0v) is 20.8. The van der Waals surface area contributed by atoms with E-state index in [2.05, 4.69) is 5.32 Å². The average Bonchev–Trinajstić information content (AvgIpc) is 2.76. The number of nitrogens with zero attached hydrogens (tertiary/aromatic N) is 2. The number of amides is 2. The van der Waals surface area contributed by atoms with Crippen LogP contribution in [0.2, 0.25) is 0 Å². The van der Waals surface area contributed by atoms with E-state index in [0.717, 1.165) is 29.5 Å². The molecule has 0 radical (unpaired) electrons. The van der Waals surface area contributed by atoms with E-state index in [1.807, 2.05) is 45.0 Å². The third-order valence-corrected chi connectivity index (χ3v) is 6.34. The molecule has 0 aliphatic heterocycles. The molecule has 0 heterocycles. The van der Waals surface area contributed by atoms with Crippen LogP contribution in [-0.2, 0) is 26.2 Å². The smallest absolute Gasteiger partial charge is 0.244 e. The number of nitrogens with one attached hydrogen (secondary N) is 1. The Bertz CT molecular complexity index is 1120. The Balaban J connectivity index is 2.37. The fraction of sp³-hybridized carbons (Fsp3) is 0.417. The summed E-state index contributed by atoms with van der Waals surface area (Å²) in [7, 11) is -4.03. The lowest BCUT2D eigenvalue weighted by molar-refractivity contribution is -0.139. The van der Waals surface area contributed by atoms with E-state index < -0.39 is 40.2 Å². The van der Waals surface area contributed by atoms with Crippen LogP contribution in [0.4, 0.5) is 14.5 Å². The van der Waals surface area contributed by atoms with Gasteiger partial charge < -0.3 is 10.2 Å². The first kappa shape index (κ1) is 27.2. The van der Waals surface area contributed by atoms with Gasteiger partial charge in [0.25, 0.3) is 0 Å². The van der Waals surface area contributed by atoms with E-state index in [1.165, 1.54) is 4.90 Å². The van der Waals surface area contributed by atoms with Gasteiger partial charge in [-0.1, -0.05) is 43.7 Å². The quantitative estimate of drug-likeness (QED) is 0.548. The molecule has 0 fully saturated rings. The zero-order chi connectivity index (χ0) is 25.6. The fourth-order valence-corrected chi connectivity index (χ4v) is 4.02. The van der Waals surface area contributed by atoms with Crippen molar-refractivity contribution in [2.75, 3.05) is 23.7 Å². The SMILES string of the molecule is Cc1ccc(CN(C(=O)CN(c2ccc(F)c(F)c2)S(C)(=O)=O)[C@H](C)C(=O)NCC(C)C)cc1. The topological polar surface area (TPSA) is 86.8 Å². The number of aryl methyl sites for hydroxylation is 1. The predicted octanol–water partition coefficient (Wildman–Crippen LogP) is 3.23. The van der Waals surface area contributed by atoms with Gasteiger partial charge in [-0.05, 0) is 37.5 Å². The lowest BCUT2D eigenvalue weighted by atomic mass is 10.1. The van der Waals surface area contributed by atoms with E-state index in [-0.39, 0.29) is 24.1 Å². The van der Waals surface area contributed by atoms with Crippen LogP contribution in [0.1, 0.15) is 31.9 Å². The first-order chi connectivity index (χ1) is 15.8. The predicted molar refractivity (Wildman–Crippen MR) is 128 cm³/mol. The molecule has 2 aromatic carbocycles. The second-order valence-electron chi connectivity index (χ2n) is 8.69. The van der Waals surface area contributed by atoms with E-state index >= 15 is 0 Å². The molecule has 34 heavy (non-hydrogen) atoms. The van der Waals surface area contributed by atoms with Crippen molar-refractivity contribution in [1.82, 2.24) is 10.2 Å². The molecule has 0 saturated heterocycles. The van der Waals surface area contributed by atoms with Gasteiger partial charge in [-0.25, -0.2) is 17.2 Å². The number of hydrogen-bond donors (Lipinski definition) is 1. The molecule has 10 heteroatoms. The minimum Gasteiger partial charge on any atom is -0.354 e. The molecule has 1 atom stereocenters. The van der Waals surface area contributed by atoms with Gasteiger partial charge in [0, 0.05) is 19.2 Å². The molecule has 0 saturated carbocycles. The minimum absolute atomic E-state index is 0.0603. The summed E-state index contributed by atoms with van der Waals surface area (Å²) in [5, 5.41) is 2.79. The zero-order valence-electron chi connectivity index (χ0n) is 20.0. The molecule has 0 aromatic heterocycles. The summed E-state index contributed by atoms with van der Waals surface area (Å²) in [6.07, 6.45) is 0.866. The first-order valence-corrected chi connectivity index (χ1v) is 12.7. The molecule has 0 spiro atoms. The molecule has 0 unspecified atom stereocenters. The van der Waals surface area contributed by atoms with Gasteiger partial charge in [0.05, 0.1) is 11.9 Å². The van der Waals surface area contributed by atoms with Gasteiger partial charge in [-0.15, -0.1) is 0 Å². The second kappa shape index (κ2) is 11.4. The van der Waals surface area contributed by atoms with E-state index in [0.29, 0.717) is 16.9 Å². The van der Waals surface area contributed by atoms with Crippen LogP contribution >= 0.6 is 0 Å². The highest BCUT2D eigenvalue weighted by atomic mass is 32.2. The maximum atomic E-state index is 13.8. The number of hydrogen-bond acceptors (Lipinski definition) is 4. The van der Waals surface area contributed by atoms with Crippen LogP contribution < -0.4 is 9.62 Å². The van der Waals surface area contributed by atoms with Gasteiger partial charge >= 0.3 is 0 Å². The lowest BCUT2D eigenvalue weighted by Gasteiger charge is -2.31. The Morgan fingerprint density at radius 1 is 1.00 bits per heavy atom. The Hall–Kier alpha value is -3.01. The Morgan fingerprint density at radius 2 is 1.62 bits per heavy atom. The first-order valence-electron chi connectivity index (χ1n) is 10.8. The molecule has 2 rings (SSSR count). The summed E-state index contributed by atoms with van der Waals surface area (Å²) < 4.78 is 52.7. The Morgan fingerprint density at radius 3 is 2.15 bits per heavy atom. The number of halogens is 2. The standard InChI is InChI=1S/C24H31F2N3O4S/c1-16(2)13-27-24(31)18(4)28(14-19-8-6-17(3)7-9-19)23(30)15-29(34(5,32)33)20-10-11-21(25)22(26)12-20/h6-12,16,18H,13-15H2,1-5H3,(H,27,31)/t18-/m1/s1. The van der Waals surface area contributed by atoms with Crippen LogP contribution in [0.15, 0.2) is 42.5 Å². The van der Waals surface area contributed by atoms with Crippen molar-refractivity contribution in [3.8, 4) is 0 Å². The third-order valence-electron chi connectivity index (χ3n) is 5.20. The van der Waals surface area contributed by atoms with Crippen LogP contribution in [-0.4, -0.2) is 50.5 Å². The number of carbonyl (C=O) groups is 2. The summed E-state index contributed by atoms with van der Waals surface area (Å²) in [4.78, 5) is 27.4. The maximum Gasteiger partial charge on any atom is 0.244 e. The lowest BCUT2D eigenvalue weighted by Crippen LogP contribution is -2.51. The largest absolute Gasteiger partial charge is 0.354 e. The minimum atomic E-state index is -4.03. The van der Waals surface area contributed by atoms with Crippen molar-refractivity contribution in [3.05, 3.63) is 65.2 Å². The Labute approximate surface area is 199 Å². The van der Waals surface area contributed by atoms with Crippen LogP contribution in [0.25, 0.3) is 0 Å². The normalized spacial score (nSPS) is 12.4. The van der Waals surface area contributed by atoms with Crippen molar-refractivity contribution < 1.29 is 26.8 Å². The van der Waals surface area contributed by atoms with Gasteiger partial charge in [0.1, 0.15) is 12.6 Å². The molecule has 1 N–H and O–H groups in total. The third kappa shape index (κ3) is 7.51. The molecular weight excluding hydrogens is 464 g/mol. The summed E-state index contributed by atoms with van der Waals surface area (Å²) in [5.74, 6) is -3.22. The van der Waals surface area contributed by atoms with Gasteiger partial charge in [-0.3, -0.25) is 13.9 Å². The summed E-state index contributed by atoms with van der Waals surface area (Å²) >= 11 is 0. The molecular formula is C24H31F2N3O4S. The highest BCUT2D eigenvalue weighted by Gasteiger charge is 2.30. The number of sulfonamides is 1. The van der Waals surface area contributed by atoms with Crippen LogP contribution in [0.5, 0.6) is 0 Å². The van der Waals surface area contributed by atoms with Gasteiger partial charge in [0.15, 0.2) is 11.6 Å². The van der Waals surface area contributed by atoms with E-state index in [9.17, 15) is 26.8 Å². The fourth-order valence-electron chi connectivity index (χ4n) is 3.18. The summed E-state index contributed by atoms with van der Waals surface area (Å²) in [6, 6.07) is 9.05. The maximum absolute atomic E-state index is 13.8. The molecule has 2 amide bonds. The molecule has 0 bridgehead atoms. The van der Waals surface area contributed by atoms with Gasteiger partial charge in [-0.2, -0.15) is 0 Å². The molecule has 7 nitrogen and oxygen atoms in total. The average molecular weight is 496 g/mol. The van der Waals surface area contributed by atoms with E-state index in [4.69, 9.17) is 0 Å². The van der Waals surface area contributed by atoms with Crippen LogP contribution in [0, 0.1) is 24.5 Å². The van der Waals surface area contributed by atoms with Crippen LogP contribution in [0.3, 0.4) is 0 Å². The molecule has 2 aromatic rings. The summed E-state index contributed by atoms with van der Waals surface area (Å²) in [6.45, 7) is 7.14. The van der Waals surface area contributed by atoms with Crippen molar-refractivity contribution in [3.63, 3.8) is 0 Å². The van der Waals surface area contributed by atoms with Crippen molar-refractivity contribution in [2.45, 2.75) is 40.3 Å². The number of benzene rings is 2. The monoisotopic (exact) mass is 495 g/mol. The van der Waals surface area contributed by atoms with Crippen molar-refractivity contribution >= 4 is 27.5 Å². The highest BCUT2D eigenvalue weighted by molar-refractivity contribution is 7.92. The van der Waals surface area contributed by atoms with Crippen molar-refractivity contribution in [2.24, 2.45) is 5.92 Å². The molecule has 0 aliphatic carbocycles. The summed E-state index contributed by atoms with van der Waals surface area (Å²) in [5.41, 5.74) is 1.58. The van der Waals surface area contributed by atoms with Crippen molar-refractivity contribution in [1.29, 1.82) is 0 Å². The number of carbonyl (C=O) groups excluding carboxylic acids is 2. The number of rotatable bonds is 10. The van der Waals surface area contributed by atoms with E-state index in [1.54, 1.807) is 6.92 Å². The molecule has 0 aliphatic rings. The second-order valence-corrected chi connectivity index (χ2v) is 10.6.